The summed E-state index contributed by atoms with van der Waals surface area (Å²) in [6.07, 6.45) is 0.0496. The van der Waals surface area contributed by atoms with Crippen molar-refractivity contribution < 1.29 is 23.9 Å². The number of hydrogen-bond acceptors (Lipinski definition) is 4. The van der Waals surface area contributed by atoms with Gasteiger partial charge in [-0.2, -0.15) is 0 Å². The molecule has 0 radical (unpaired) electrons. The molecule has 0 saturated heterocycles. The van der Waals surface area contributed by atoms with Gasteiger partial charge in [0.25, 0.3) is 0 Å². The Kier molecular flexibility index (Phi) is 9.20. The van der Waals surface area contributed by atoms with Crippen LogP contribution in [0.5, 0.6) is 0 Å². The van der Waals surface area contributed by atoms with Gasteiger partial charge in [0.15, 0.2) is 0 Å². The fraction of sp³-hybridized carbons (Fsp3) is 0.727. The van der Waals surface area contributed by atoms with Gasteiger partial charge in [-0.3, -0.25) is 4.57 Å². The average molecular weight is 281 g/mol. The van der Waals surface area contributed by atoms with Crippen molar-refractivity contribution in [1.29, 1.82) is 0 Å². The molecule has 1 atom stereocenters. The van der Waals surface area contributed by atoms with E-state index in [-0.39, 0.29) is 24.7 Å². The topological polar surface area (TPSA) is 119 Å². The molecule has 0 aromatic heterocycles. The first-order chi connectivity index (χ1) is 7.69. The van der Waals surface area contributed by atoms with Gasteiger partial charge in [-0.25, -0.2) is 4.79 Å². The molecule has 0 heterocycles. The third-order valence-corrected chi connectivity index (χ3v) is 3.22. The molecule has 0 aliphatic carbocycles. The fourth-order valence-electron chi connectivity index (χ4n) is 1.61. The Morgan fingerprint density at radius 3 is 2.17 bits per heavy atom. The molecule has 0 amide bonds. The van der Waals surface area contributed by atoms with Crippen molar-refractivity contribution in [2.24, 2.45) is 5.92 Å². The summed E-state index contributed by atoms with van der Waals surface area (Å²) in [6, 6.07) is 0. The van der Waals surface area contributed by atoms with Crippen LogP contribution in [-0.2, 0) is 14.1 Å². The van der Waals surface area contributed by atoms with E-state index in [1.54, 1.807) is 27.7 Å². The molecule has 0 aromatic rings. The molecular weight excluding hydrogens is 257 g/mol. The van der Waals surface area contributed by atoms with Crippen LogP contribution in [0.2, 0.25) is 0 Å². The van der Waals surface area contributed by atoms with Gasteiger partial charge in [-0.05, 0) is 33.1 Å². The van der Waals surface area contributed by atoms with Gasteiger partial charge in [0.2, 0.25) is 0 Å². The van der Waals surface area contributed by atoms with Crippen LogP contribution in [0.15, 0.2) is 11.1 Å². The maximum Gasteiger partial charge on any atom is 0.334 e. The second-order valence-corrected chi connectivity index (χ2v) is 5.99. The van der Waals surface area contributed by atoms with E-state index in [0.29, 0.717) is 12.2 Å². The molecule has 18 heavy (non-hydrogen) atoms. The summed E-state index contributed by atoms with van der Waals surface area (Å²) in [6.45, 7) is 7.37. The number of carbonyl (C=O) groups excluding carboxylic acids is 1. The molecule has 0 saturated carbocycles. The number of carbonyl (C=O) groups is 1. The van der Waals surface area contributed by atoms with Gasteiger partial charge in [0.1, 0.15) is 0 Å². The van der Waals surface area contributed by atoms with Crippen LogP contribution >= 0.6 is 7.60 Å². The quantitative estimate of drug-likeness (QED) is 0.390. The zero-order chi connectivity index (χ0) is 13.6. The van der Waals surface area contributed by atoms with E-state index in [0.717, 1.165) is 5.57 Å². The third-order valence-electron chi connectivity index (χ3n) is 2.38. The van der Waals surface area contributed by atoms with Gasteiger partial charge in [-0.15, -0.1) is 0 Å². The number of allylic oxidation sites excluding steroid dienone is 1. The maximum absolute atomic E-state index is 11.7. The Balaban J connectivity index is 0. The van der Waals surface area contributed by atoms with Crippen molar-refractivity contribution in [3.05, 3.63) is 11.1 Å². The smallest absolute Gasteiger partial charge is 0.334 e. The summed E-state index contributed by atoms with van der Waals surface area (Å²) in [4.78, 5) is 29.3. The first-order valence-corrected chi connectivity index (χ1v) is 7.37. The van der Waals surface area contributed by atoms with Crippen molar-refractivity contribution in [2.45, 2.75) is 34.1 Å². The second-order valence-electron chi connectivity index (χ2n) is 4.21. The zero-order valence-corrected chi connectivity index (χ0v) is 12.4. The van der Waals surface area contributed by atoms with Gasteiger partial charge in [0.05, 0.1) is 12.8 Å². The molecular formula is C11H24NO5P. The molecule has 6 nitrogen and oxygen atoms in total. The van der Waals surface area contributed by atoms with Gasteiger partial charge in [0, 0.05) is 5.57 Å². The van der Waals surface area contributed by atoms with Crippen LogP contribution in [0.1, 0.15) is 34.1 Å². The van der Waals surface area contributed by atoms with Crippen molar-refractivity contribution >= 4 is 13.6 Å². The lowest BCUT2D eigenvalue weighted by molar-refractivity contribution is -0.139. The molecule has 0 aliphatic heterocycles. The number of hydrogen-bond donors (Lipinski definition) is 3. The first-order valence-electron chi connectivity index (χ1n) is 5.58. The van der Waals surface area contributed by atoms with Crippen LogP contribution in [0.3, 0.4) is 0 Å². The molecule has 0 spiro atoms. The van der Waals surface area contributed by atoms with Crippen LogP contribution in [0, 0.1) is 5.92 Å². The van der Waals surface area contributed by atoms with Crippen molar-refractivity contribution in [1.82, 2.24) is 6.15 Å². The van der Waals surface area contributed by atoms with E-state index >= 15 is 0 Å². The van der Waals surface area contributed by atoms with Gasteiger partial charge in [-0.1, -0.05) is 12.5 Å². The number of rotatable bonds is 6. The van der Waals surface area contributed by atoms with E-state index in [1.807, 2.05) is 0 Å². The molecule has 0 rings (SSSR count). The predicted molar refractivity (Wildman–Crippen MR) is 70.7 cm³/mol. The Labute approximate surface area is 108 Å². The van der Waals surface area contributed by atoms with Crippen LogP contribution in [0.25, 0.3) is 0 Å². The number of esters is 1. The molecule has 0 fully saturated rings. The third kappa shape index (κ3) is 7.61. The lowest BCUT2D eigenvalue weighted by Gasteiger charge is -2.17. The summed E-state index contributed by atoms with van der Waals surface area (Å²) in [7, 11) is -4.01. The van der Waals surface area contributed by atoms with Crippen molar-refractivity contribution in [3.63, 3.8) is 0 Å². The summed E-state index contributed by atoms with van der Waals surface area (Å²) >= 11 is 0. The lowest BCUT2D eigenvalue weighted by atomic mass is 9.95. The minimum Gasteiger partial charge on any atom is -0.463 e. The SMILES string of the molecule is CCOC(=O)C(=C(C)C)C(C)CCP(=O)(O)O.N. The van der Waals surface area contributed by atoms with E-state index in [1.165, 1.54) is 0 Å². The molecule has 0 aliphatic rings. The Bertz CT molecular complexity index is 343. The molecule has 0 bridgehead atoms. The lowest BCUT2D eigenvalue weighted by Crippen LogP contribution is -2.16. The van der Waals surface area contributed by atoms with E-state index in [4.69, 9.17) is 14.5 Å². The Morgan fingerprint density at radius 2 is 1.83 bits per heavy atom. The minimum absolute atomic E-state index is 0. The molecule has 5 N–H and O–H groups in total. The summed E-state index contributed by atoms with van der Waals surface area (Å²) in [5.74, 6) is -0.614. The molecule has 7 heteroatoms. The maximum atomic E-state index is 11.7. The number of ether oxygens (including phenoxy) is 1. The highest BCUT2D eigenvalue weighted by molar-refractivity contribution is 7.51. The molecule has 0 aromatic carbocycles. The van der Waals surface area contributed by atoms with Gasteiger partial charge >= 0.3 is 13.6 Å². The molecule has 108 valence electrons. The van der Waals surface area contributed by atoms with Crippen molar-refractivity contribution in [2.75, 3.05) is 12.8 Å². The molecule has 1 unspecified atom stereocenters. The minimum atomic E-state index is -4.01. The zero-order valence-electron chi connectivity index (χ0n) is 11.5. The fourth-order valence-corrected chi connectivity index (χ4v) is 2.34. The predicted octanol–water partition coefficient (Wildman–Crippen LogP) is 2.25. The summed E-state index contributed by atoms with van der Waals surface area (Å²) in [5, 5.41) is 0. The average Bonchev–Trinajstić information content (AvgIpc) is 2.13. The normalized spacial score (nSPS) is 12.3. The largest absolute Gasteiger partial charge is 0.463 e. The highest BCUT2D eigenvalue weighted by atomic mass is 31.2. The summed E-state index contributed by atoms with van der Waals surface area (Å²) in [5.41, 5.74) is 1.34. The van der Waals surface area contributed by atoms with E-state index in [9.17, 15) is 9.36 Å². The van der Waals surface area contributed by atoms with Crippen LogP contribution < -0.4 is 6.15 Å². The summed E-state index contributed by atoms with van der Waals surface area (Å²) < 4.78 is 15.7. The van der Waals surface area contributed by atoms with Crippen molar-refractivity contribution in [3.8, 4) is 0 Å². The van der Waals surface area contributed by atoms with Crippen LogP contribution in [0.4, 0.5) is 0 Å². The van der Waals surface area contributed by atoms with E-state index in [2.05, 4.69) is 0 Å². The Hall–Kier alpha value is -0.680. The second kappa shape index (κ2) is 8.43. The standard InChI is InChI=1S/C11H21O5P.H3N/c1-5-16-11(12)10(8(2)3)9(4)6-7-17(13,14)15;/h9H,5-7H2,1-4H3,(H2,13,14,15);1H3. The Morgan fingerprint density at radius 1 is 1.33 bits per heavy atom. The van der Waals surface area contributed by atoms with Gasteiger partial charge < -0.3 is 20.7 Å². The van der Waals surface area contributed by atoms with E-state index < -0.39 is 13.6 Å². The highest BCUT2D eigenvalue weighted by Crippen LogP contribution is 2.37. The monoisotopic (exact) mass is 281 g/mol. The highest BCUT2D eigenvalue weighted by Gasteiger charge is 2.22. The van der Waals surface area contributed by atoms with Crippen LogP contribution in [-0.4, -0.2) is 28.5 Å². The first kappa shape index (κ1) is 19.7.